The van der Waals surface area contributed by atoms with E-state index in [0.717, 1.165) is 16.9 Å². The lowest BCUT2D eigenvalue weighted by atomic mass is 9.83. The van der Waals surface area contributed by atoms with Crippen molar-refractivity contribution in [2.75, 3.05) is 26.4 Å². The highest BCUT2D eigenvalue weighted by Gasteiger charge is 2.53. The zero-order chi connectivity index (χ0) is 31.2. The quantitative estimate of drug-likeness (QED) is 0.0476. The number of amides is 1. The van der Waals surface area contributed by atoms with E-state index in [0.29, 0.717) is 49.5 Å². The van der Waals surface area contributed by atoms with Crippen LogP contribution in [-0.4, -0.2) is 48.8 Å². The molecule has 11 nitrogen and oxygen atoms in total. The Labute approximate surface area is 257 Å². The number of hydrazine groups is 1. The van der Waals surface area contributed by atoms with Crippen molar-refractivity contribution < 1.29 is 24.1 Å². The molecule has 1 amide bonds. The molecule has 3 aromatic rings. The molecule has 0 bridgehead atoms. The molecule has 0 spiro atoms. The minimum Gasteiger partial charge on any atom is -0.494 e. The number of rotatable bonds is 17. The predicted octanol–water partition coefficient (Wildman–Crippen LogP) is 5.35. The highest BCUT2D eigenvalue weighted by Crippen LogP contribution is 2.44. The summed E-state index contributed by atoms with van der Waals surface area (Å²) < 4.78 is 17.9. The molecule has 3 aromatic carbocycles. The summed E-state index contributed by atoms with van der Waals surface area (Å²) in [5, 5.41) is 12.8. The van der Waals surface area contributed by atoms with Crippen molar-refractivity contribution in [3.63, 3.8) is 0 Å². The smallest absolute Gasteiger partial charge is 0.266 e. The molecule has 3 N–H and O–H groups in total. The van der Waals surface area contributed by atoms with Crippen molar-refractivity contribution in [3.05, 3.63) is 118 Å². The molecule has 44 heavy (non-hydrogen) atoms. The van der Waals surface area contributed by atoms with E-state index in [4.69, 9.17) is 29.8 Å². The van der Waals surface area contributed by atoms with Gasteiger partial charge in [-0.1, -0.05) is 53.7 Å². The van der Waals surface area contributed by atoms with Gasteiger partial charge in [-0.05, 0) is 65.9 Å². The number of nitrogens with one attached hydrogen (secondary N) is 2. The fraction of sp³-hybridized carbons (Fsp3) is 0.333. The number of aliphatic hydroxyl groups is 1. The standard InChI is InChI=1S/C33H38N6O5/c1-3-19-33(32(41)38-35-20-18-24-10-6-8-13-29(24)42-4-2)30(28-12-7-5-11-26(28)23-36-39-34)44-31(37-33)25-14-16-27(17-15-25)43-22-9-21-40/h3,5-8,10-17,30,35,40H,1,4,9,18-23H2,2H3,(H,38,41)/t30-,33-/m0/s1. The summed E-state index contributed by atoms with van der Waals surface area (Å²) in [6.07, 6.45) is 2.15. The molecular weight excluding hydrogens is 560 g/mol. The lowest BCUT2D eigenvalue weighted by molar-refractivity contribution is -0.129. The van der Waals surface area contributed by atoms with Gasteiger partial charge in [-0.15, -0.1) is 6.58 Å². The van der Waals surface area contributed by atoms with Gasteiger partial charge in [-0.25, -0.2) is 10.4 Å². The van der Waals surface area contributed by atoms with Gasteiger partial charge in [0.05, 0.1) is 19.8 Å². The van der Waals surface area contributed by atoms with E-state index in [2.05, 4.69) is 27.5 Å². The Balaban J connectivity index is 1.62. The van der Waals surface area contributed by atoms with Crippen LogP contribution in [0.4, 0.5) is 0 Å². The molecule has 0 saturated heterocycles. The number of aliphatic imine (C=N–C) groups is 1. The van der Waals surface area contributed by atoms with Gasteiger partial charge in [-0.3, -0.25) is 10.2 Å². The maximum Gasteiger partial charge on any atom is 0.266 e. The van der Waals surface area contributed by atoms with Gasteiger partial charge in [0.1, 0.15) is 11.5 Å². The van der Waals surface area contributed by atoms with Crippen LogP contribution in [0.2, 0.25) is 0 Å². The molecule has 230 valence electrons. The van der Waals surface area contributed by atoms with E-state index in [1.807, 2.05) is 67.6 Å². The fourth-order valence-electron chi connectivity index (χ4n) is 5.01. The molecule has 0 unspecified atom stereocenters. The van der Waals surface area contributed by atoms with Crippen molar-refractivity contribution in [2.24, 2.45) is 10.1 Å². The number of hydrogen-bond donors (Lipinski definition) is 3. The highest BCUT2D eigenvalue weighted by atomic mass is 16.5. The van der Waals surface area contributed by atoms with Gasteiger partial charge in [0.25, 0.3) is 5.91 Å². The zero-order valence-corrected chi connectivity index (χ0v) is 24.8. The first kappa shape index (κ1) is 32.1. The molecule has 0 saturated carbocycles. The van der Waals surface area contributed by atoms with Gasteiger partial charge >= 0.3 is 0 Å². The third-order valence-electron chi connectivity index (χ3n) is 7.12. The van der Waals surface area contributed by atoms with Crippen molar-refractivity contribution >= 4 is 11.8 Å². The van der Waals surface area contributed by atoms with Crippen LogP contribution in [0.15, 0.2) is 95.6 Å². The average Bonchev–Trinajstić information content (AvgIpc) is 3.44. The first-order valence-electron chi connectivity index (χ1n) is 14.6. The van der Waals surface area contributed by atoms with Gasteiger partial charge in [-0.2, -0.15) is 0 Å². The number of nitrogens with zero attached hydrogens (tertiary/aromatic N) is 4. The second kappa shape index (κ2) is 16.1. The molecule has 4 rings (SSSR count). The van der Waals surface area contributed by atoms with E-state index < -0.39 is 17.6 Å². The number of aliphatic hydroxyl groups excluding tert-OH is 1. The van der Waals surface area contributed by atoms with E-state index in [9.17, 15) is 4.79 Å². The first-order chi connectivity index (χ1) is 21.6. The summed E-state index contributed by atoms with van der Waals surface area (Å²) in [6, 6.07) is 22.4. The number of benzene rings is 3. The maximum absolute atomic E-state index is 14.1. The Morgan fingerprint density at radius 3 is 2.61 bits per heavy atom. The first-order valence-corrected chi connectivity index (χ1v) is 14.6. The molecular formula is C33H38N6O5. The Hall–Kier alpha value is -4.83. The third kappa shape index (κ3) is 7.76. The number of ether oxygens (including phenoxy) is 3. The Morgan fingerprint density at radius 1 is 1.14 bits per heavy atom. The maximum atomic E-state index is 14.1. The van der Waals surface area contributed by atoms with E-state index in [1.54, 1.807) is 18.2 Å². The normalized spacial score (nSPS) is 17.1. The minimum absolute atomic E-state index is 0.0497. The monoisotopic (exact) mass is 598 g/mol. The van der Waals surface area contributed by atoms with Crippen LogP contribution in [0.25, 0.3) is 10.4 Å². The van der Waals surface area contributed by atoms with E-state index >= 15 is 0 Å². The number of para-hydroxylation sites is 1. The molecule has 0 radical (unpaired) electrons. The number of azide groups is 1. The summed E-state index contributed by atoms with van der Waals surface area (Å²) in [5.41, 5.74) is 16.6. The van der Waals surface area contributed by atoms with Crippen LogP contribution in [0.1, 0.15) is 48.1 Å². The molecule has 1 heterocycles. The number of hydrogen-bond acceptors (Lipinski definition) is 8. The van der Waals surface area contributed by atoms with Gasteiger partial charge in [0.2, 0.25) is 5.90 Å². The van der Waals surface area contributed by atoms with E-state index in [1.165, 1.54) is 0 Å². The molecule has 0 fully saturated rings. The van der Waals surface area contributed by atoms with Gasteiger partial charge < -0.3 is 19.3 Å². The number of carbonyl (C=O) groups is 1. The van der Waals surface area contributed by atoms with Crippen LogP contribution >= 0.6 is 0 Å². The second-order valence-corrected chi connectivity index (χ2v) is 10.0. The Bertz CT molecular complexity index is 1490. The fourth-order valence-corrected chi connectivity index (χ4v) is 5.01. The SMILES string of the molecule is C=CC[C@]1(C(=O)NNCCc2ccccc2OCC)N=C(c2ccc(OCCCO)cc2)O[C@H]1c1ccccc1CN=[N+]=[N-]. The summed E-state index contributed by atoms with van der Waals surface area (Å²) >= 11 is 0. The topological polar surface area (TPSA) is 150 Å². The van der Waals surface area contributed by atoms with Crippen LogP contribution in [0, 0.1) is 0 Å². The van der Waals surface area contributed by atoms with Gasteiger partial charge in [0.15, 0.2) is 11.6 Å². The summed E-state index contributed by atoms with van der Waals surface area (Å²) in [7, 11) is 0. The third-order valence-corrected chi connectivity index (χ3v) is 7.12. The summed E-state index contributed by atoms with van der Waals surface area (Å²) in [5.74, 6) is 1.35. The van der Waals surface area contributed by atoms with E-state index in [-0.39, 0.29) is 25.5 Å². The zero-order valence-electron chi connectivity index (χ0n) is 24.8. The lowest BCUT2D eigenvalue weighted by Crippen LogP contribution is -2.53. The molecule has 1 aliphatic rings. The van der Waals surface area contributed by atoms with Crippen LogP contribution in [-0.2, 0) is 22.5 Å². The van der Waals surface area contributed by atoms with Crippen molar-refractivity contribution in [3.8, 4) is 11.5 Å². The lowest BCUT2D eigenvalue weighted by Gasteiger charge is -2.30. The average molecular weight is 599 g/mol. The van der Waals surface area contributed by atoms with Crippen molar-refractivity contribution in [2.45, 2.75) is 44.4 Å². The van der Waals surface area contributed by atoms with Crippen LogP contribution in [0.3, 0.4) is 0 Å². The Morgan fingerprint density at radius 2 is 1.89 bits per heavy atom. The highest BCUT2D eigenvalue weighted by molar-refractivity contribution is 6.01. The molecule has 0 aromatic heterocycles. The largest absolute Gasteiger partial charge is 0.494 e. The van der Waals surface area contributed by atoms with Crippen LogP contribution < -0.4 is 20.3 Å². The van der Waals surface area contributed by atoms with Crippen LogP contribution in [0.5, 0.6) is 11.5 Å². The number of carbonyl (C=O) groups excluding carboxylic acids is 1. The minimum atomic E-state index is -1.41. The van der Waals surface area contributed by atoms with Gasteiger partial charge in [0, 0.05) is 36.5 Å². The second-order valence-electron chi connectivity index (χ2n) is 10.0. The molecule has 1 aliphatic heterocycles. The molecule has 2 atom stereocenters. The molecule has 11 heteroatoms. The predicted molar refractivity (Wildman–Crippen MR) is 168 cm³/mol. The van der Waals surface area contributed by atoms with Crippen molar-refractivity contribution in [1.82, 2.24) is 10.9 Å². The Kier molecular flexibility index (Phi) is 11.8. The summed E-state index contributed by atoms with van der Waals surface area (Å²) in [4.78, 5) is 21.9. The summed E-state index contributed by atoms with van der Waals surface area (Å²) in [6.45, 7) is 7.41. The molecule has 0 aliphatic carbocycles. The van der Waals surface area contributed by atoms with Crippen molar-refractivity contribution in [1.29, 1.82) is 0 Å².